The summed E-state index contributed by atoms with van der Waals surface area (Å²) in [5, 5.41) is 15.4. The quantitative estimate of drug-likeness (QED) is 0.319. The van der Waals surface area contributed by atoms with E-state index in [4.69, 9.17) is 39.2 Å². The van der Waals surface area contributed by atoms with Gasteiger partial charge < -0.3 is 4.42 Å². The highest BCUT2D eigenvalue weighted by molar-refractivity contribution is 6.36. The zero-order valence-electron chi connectivity index (χ0n) is 13.9. The van der Waals surface area contributed by atoms with Crippen LogP contribution in [0.4, 0.5) is 5.69 Å². The number of hydrogen-bond acceptors (Lipinski definition) is 5. The Morgan fingerprint density at radius 2 is 1.86 bits per heavy atom. The molecule has 1 amide bonds. The molecule has 1 heterocycles. The molecule has 142 valence electrons. The molecule has 10 heteroatoms. The lowest BCUT2D eigenvalue weighted by molar-refractivity contribution is -0.384. The van der Waals surface area contributed by atoms with Crippen molar-refractivity contribution >= 4 is 52.6 Å². The third kappa shape index (κ3) is 4.51. The minimum Gasteiger partial charge on any atom is -0.455 e. The highest BCUT2D eigenvalue weighted by atomic mass is 35.5. The Morgan fingerprint density at radius 1 is 1.07 bits per heavy atom. The van der Waals surface area contributed by atoms with Gasteiger partial charge in [-0.2, -0.15) is 5.10 Å². The topological polar surface area (TPSA) is 97.7 Å². The summed E-state index contributed by atoms with van der Waals surface area (Å²) in [7, 11) is 0. The van der Waals surface area contributed by atoms with E-state index in [0.717, 1.165) is 0 Å². The van der Waals surface area contributed by atoms with Crippen LogP contribution in [0.2, 0.25) is 15.1 Å². The van der Waals surface area contributed by atoms with Crippen LogP contribution in [0.15, 0.2) is 58.0 Å². The van der Waals surface area contributed by atoms with Crippen molar-refractivity contribution in [2.45, 2.75) is 0 Å². The predicted molar refractivity (Wildman–Crippen MR) is 107 cm³/mol. The first-order valence-electron chi connectivity index (χ1n) is 7.68. The minimum atomic E-state index is -0.575. The first-order valence-corrected chi connectivity index (χ1v) is 8.81. The van der Waals surface area contributed by atoms with Crippen molar-refractivity contribution in [1.82, 2.24) is 5.43 Å². The van der Waals surface area contributed by atoms with Crippen LogP contribution >= 0.6 is 34.8 Å². The second kappa shape index (κ2) is 8.43. The van der Waals surface area contributed by atoms with Crippen molar-refractivity contribution in [2.24, 2.45) is 5.10 Å². The van der Waals surface area contributed by atoms with Crippen molar-refractivity contribution < 1.29 is 14.1 Å². The lowest BCUT2D eigenvalue weighted by Gasteiger charge is -2.02. The summed E-state index contributed by atoms with van der Waals surface area (Å²) in [6.07, 6.45) is 1.29. The Balaban J connectivity index is 1.72. The van der Waals surface area contributed by atoms with Gasteiger partial charge in [-0.25, -0.2) is 5.43 Å². The van der Waals surface area contributed by atoms with Gasteiger partial charge >= 0.3 is 0 Å². The second-order valence-corrected chi connectivity index (χ2v) is 6.70. The van der Waals surface area contributed by atoms with E-state index < -0.39 is 10.8 Å². The van der Waals surface area contributed by atoms with Crippen LogP contribution in [0.5, 0.6) is 0 Å². The van der Waals surface area contributed by atoms with Crippen molar-refractivity contribution in [3.8, 4) is 11.3 Å². The number of nitrogens with one attached hydrogen (secondary N) is 1. The summed E-state index contributed by atoms with van der Waals surface area (Å²) < 4.78 is 5.56. The van der Waals surface area contributed by atoms with Gasteiger partial charge in [-0.1, -0.05) is 34.8 Å². The largest absolute Gasteiger partial charge is 0.455 e. The number of amides is 1. The van der Waals surface area contributed by atoms with E-state index in [1.807, 2.05) is 0 Å². The smallest absolute Gasteiger partial charge is 0.288 e. The maximum atomic E-state index is 12.1. The molecule has 0 aliphatic heterocycles. The number of nitrogens with zero attached hydrogens (tertiary/aromatic N) is 2. The number of hydrogen-bond donors (Lipinski definition) is 1. The first kappa shape index (κ1) is 19.9. The van der Waals surface area contributed by atoms with E-state index >= 15 is 0 Å². The molecule has 0 radical (unpaired) electrons. The molecule has 0 unspecified atom stereocenters. The molecule has 3 aromatic rings. The maximum Gasteiger partial charge on any atom is 0.288 e. The van der Waals surface area contributed by atoms with E-state index in [0.29, 0.717) is 22.1 Å². The number of carbonyl (C=O) groups is 1. The predicted octanol–water partition coefficient (Wildman–Crippen LogP) is 5.58. The van der Waals surface area contributed by atoms with Gasteiger partial charge in [0.05, 0.1) is 21.7 Å². The molecule has 2 aromatic carbocycles. The van der Waals surface area contributed by atoms with Gasteiger partial charge in [-0.05, 0) is 42.5 Å². The molecule has 0 aliphatic carbocycles. The summed E-state index contributed by atoms with van der Waals surface area (Å²) in [6.45, 7) is 0. The number of rotatable bonds is 5. The summed E-state index contributed by atoms with van der Waals surface area (Å²) in [5.41, 5.74) is 2.80. The molecular formula is C18H10Cl3N3O4. The molecule has 7 nitrogen and oxygen atoms in total. The van der Waals surface area contributed by atoms with Crippen LogP contribution in [-0.4, -0.2) is 17.0 Å². The number of carbonyl (C=O) groups excluding carboxylic acids is 1. The Kier molecular flexibility index (Phi) is 5.99. The Morgan fingerprint density at radius 3 is 2.57 bits per heavy atom. The number of halogens is 3. The van der Waals surface area contributed by atoms with Crippen LogP contribution in [0.3, 0.4) is 0 Å². The van der Waals surface area contributed by atoms with Crippen molar-refractivity contribution in [2.75, 3.05) is 0 Å². The van der Waals surface area contributed by atoms with Gasteiger partial charge in [-0.3, -0.25) is 14.9 Å². The average Bonchev–Trinajstić information content (AvgIpc) is 3.10. The average molecular weight is 439 g/mol. The van der Waals surface area contributed by atoms with Gasteiger partial charge in [0.15, 0.2) is 0 Å². The normalized spacial score (nSPS) is 11.0. The zero-order valence-corrected chi connectivity index (χ0v) is 16.1. The van der Waals surface area contributed by atoms with Gasteiger partial charge in [-0.15, -0.1) is 0 Å². The zero-order chi connectivity index (χ0) is 20.3. The lowest BCUT2D eigenvalue weighted by Crippen LogP contribution is -2.17. The number of furan rings is 1. The van der Waals surface area contributed by atoms with Crippen LogP contribution in [0.25, 0.3) is 11.3 Å². The molecule has 0 fully saturated rings. The minimum absolute atomic E-state index is 0.0330. The number of nitro groups is 1. The summed E-state index contributed by atoms with van der Waals surface area (Å²) in [4.78, 5) is 22.5. The number of benzene rings is 2. The van der Waals surface area contributed by atoms with Crippen molar-refractivity contribution in [3.05, 3.63) is 85.0 Å². The molecule has 0 spiro atoms. The van der Waals surface area contributed by atoms with Crippen LogP contribution in [0.1, 0.15) is 16.1 Å². The fraction of sp³-hybridized carbons (Fsp3) is 0. The van der Waals surface area contributed by atoms with E-state index in [2.05, 4.69) is 10.5 Å². The molecule has 0 saturated carbocycles. The standard InChI is InChI=1S/C18H10Cl3N3O4/c19-11-2-4-13(15(21)8-11)18(25)23-22-9-12-3-6-17(28-12)10-1-5-14(20)16(7-10)24(26)27/h1-9H,(H,23,25)/b22-9-. The third-order valence-corrected chi connectivity index (χ3v) is 4.46. The highest BCUT2D eigenvalue weighted by Gasteiger charge is 2.15. The SMILES string of the molecule is O=C(N/N=C\c1ccc(-c2ccc(Cl)c([N+](=O)[O-])c2)o1)c1ccc(Cl)cc1Cl. The molecule has 1 N–H and O–H groups in total. The highest BCUT2D eigenvalue weighted by Crippen LogP contribution is 2.31. The van der Waals surface area contributed by atoms with Gasteiger partial charge in [0.1, 0.15) is 16.5 Å². The monoisotopic (exact) mass is 437 g/mol. The Hall–Kier alpha value is -2.87. The molecule has 0 bridgehead atoms. The maximum absolute atomic E-state index is 12.1. The molecular weight excluding hydrogens is 429 g/mol. The van der Waals surface area contributed by atoms with Gasteiger partial charge in [0.25, 0.3) is 11.6 Å². The fourth-order valence-corrected chi connectivity index (χ4v) is 2.95. The van der Waals surface area contributed by atoms with Crippen LogP contribution < -0.4 is 5.43 Å². The number of nitro benzene ring substituents is 1. The van der Waals surface area contributed by atoms with Gasteiger partial charge in [0.2, 0.25) is 0 Å². The van der Waals surface area contributed by atoms with Crippen LogP contribution in [0, 0.1) is 10.1 Å². The fourth-order valence-electron chi connectivity index (χ4n) is 2.27. The molecule has 28 heavy (non-hydrogen) atoms. The van der Waals surface area contributed by atoms with E-state index in [1.165, 1.54) is 36.5 Å². The molecule has 0 aliphatic rings. The Bertz CT molecular complexity index is 1100. The van der Waals surface area contributed by atoms with E-state index in [1.54, 1.807) is 18.2 Å². The lowest BCUT2D eigenvalue weighted by atomic mass is 10.1. The summed E-state index contributed by atoms with van der Waals surface area (Å²) >= 11 is 17.6. The van der Waals surface area contributed by atoms with Gasteiger partial charge in [0, 0.05) is 16.7 Å². The van der Waals surface area contributed by atoms with Crippen molar-refractivity contribution in [1.29, 1.82) is 0 Å². The molecule has 0 atom stereocenters. The second-order valence-electron chi connectivity index (χ2n) is 5.45. The molecule has 0 saturated heterocycles. The van der Waals surface area contributed by atoms with Crippen molar-refractivity contribution in [3.63, 3.8) is 0 Å². The van der Waals surface area contributed by atoms with E-state index in [-0.39, 0.29) is 21.3 Å². The summed E-state index contributed by atoms with van der Waals surface area (Å²) in [5.74, 6) is 0.196. The summed E-state index contributed by atoms with van der Waals surface area (Å²) in [6, 6.07) is 12.0. The third-order valence-electron chi connectivity index (χ3n) is 3.59. The van der Waals surface area contributed by atoms with Crippen LogP contribution in [-0.2, 0) is 0 Å². The Labute approximate surface area is 173 Å². The van der Waals surface area contributed by atoms with E-state index in [9.17, 15) is 14.9 Å². The molecule has 3 rings (SSSR count). The number of hydrazone groups is 1. The molecule has 1 aromatic heterocycles. The first-order chi connectivity index (χ1) is 13.3.